The van der Waals surface area contributed by atoms with Crippen LogP contribution < -0.4 is 0 Å². The predicted octanol–water partition coefficient (Wildman–Crippen LogP) is 1.25. The summed E-state index contributed by atoms with van der Waals surface area (Å²) in [4.78, 5) is 0. The summed E-state index contributed by atoms with van der Waals surface area (Å²) in [6.45, 7) is 5.56. The van der Waals surface area contributed by atoms with Gasteiger partial charge in [-0.05, 0) is 13.8 Å². The molecule has 0 N–H and O–H groups in total. The minimum atomic E-state index is 0.595. The topological polar surface area (TPSA) is 12.2 Å². The average Bonchev–Trinajstić information content (AvgIpc) is 2.33. The highest BCUT2D eigenvalue weighted by Crippen LogP contribution is 2.07. The van der Waals surface area contributed by atoms with Crippen molar-refractivity contribution < 1.29 is 9.31 Å². The molecule has 58 valence electrons. The van der Waals surface area contributed by atoms with Crippen molar-refractivity contribution in [1.82, 2.24) is 0 Å². The molecule has 0 radical (unpaired) electrons. The minimum absolute atomic E-state index is 0.595. The van der Waals surface area contributed by atoms with E-state index in [9.17, 15) is 0 Å². The Bertz CT molecular complexity index is 149. The summed E-state index contributed by atoms with van der Waals surface area (Å²) < 4.78 is 7.55. The van der Waals surface area contributed by atoms with Gasteiger partial charge in [-0.2, -0.15) is 0 Å². The van der Waals surface area contributed by atoms with E-state index in [1.54, 1.807) is 7.11 Å². The van der Waals surface area contributed by atoms with Gasteiger partial charge in [0.1, 0.15) is 6.54 Å². The van der Waals surface area contributed by atoms with E-state index in [1.807, 2.05) is 0 Å². The fraction of sp³-hybridized carbons (Fsp3) is 0.875. The van der Waals surface area contributed by atoms with Gasteiger partial charge in [-0.1, -0.05) is 0 Å². The van der Waals surface area contributed by atoms with Crippen LogP contribution in [0.2, 0.25) is 0 Å². The molecule has 10 heavy (non-hydrogen) atoms. The third kappa shape index (κ3) is 1.31. The second-order valence-corrected chi connectivity index (χ2v) is 2.99. The fourth-order valence-corrected chi connectivity index (χ4v) is 1.43. The Labute approximate surface area is 62.5 Å². The monoisotopic (exact) mass is 142 g/mol. The minimum Gasteiger partial charge on any atom is -0.451 e. The van der Waals surface area contributed by atoms with Crippen LogP contribution in [0.3, 0.4) is 0 Å². The summed E-state index contributed by atoms with van der Waals surface area (Å²) in [7, 11) is 1.76. The molecule has 2 nitrogen and oxygen atoms in total. The van der Waals surface area contributed by atoms with Gasteiger partial charge < -0.3 is 4.74 Å². The Balaban J connectivity index is 2.68. The highest BCUT2D eigenvalue weighted by Gasteiger charge is 2.24. The molecule has 1 aliphatic rings. The van der Waals surface area contributed by atoms with E-state index in [2.05, 4.69) is 18.4 Å². The van der Waals surface area contributed by atoms with Crippen molar-refractivity contribution in [2.75, 3.05) is 13.7 Å². The standard InChI is InChI=1S/C8H16NO/c1-7(2)9-6-4-5-8(9)10-3/h7H,4-6H2,1-3H3/q+1. The van der Waals surface area contributed by atoms with Crippen molar-refractivity contribution in [3.05, 3.63) is 0 Å². The van der Waals surface area contributed by atoms with Gasteiger partial charge >= 0.3 is 5.90 Å². The number of methoxy groups -OCH3 is 1. The summed E-state index contributed by atoms with van der Waals surface area (Å²) >= 11 is 0. The second-order valence-electron chi connectivity index (χ2n) is 2.99. The SMILES string of the molecule is COC1=[N+](C(C)C)CCC1. The molecule has 0 atom stereocenters. The van der Waals surface area contributed by atoms with Crippen LogP contribution in [0.5, 0.6) is 0 Å². The Morgan fingerprint density at radius 3 is 2.60 bits per heavy atom. The van der Waals surface area contributed by atoms with Gasteiger partial charge in [0.05, 0.1) is 13.5 Å². The molecule has 0 spiro atoms. The van der Waals surface area contributed by atoms with Crippen LogP contribution in [-0.4, -0.2) is 30.2 Å². The van der Waals surface area contributed by atoms with E-state index in [1.165, 1.54) is 13.0 Å². The first-order valence-electron chi connectivity index (χ1n) is 3.92. The maximum absolute atomic E-state index is 5.23. The molecule has 1 rings (SSSR count). The van der Waals surface area contributed by atoms with Crippen molar-refractivity contribution in [3.63, 3.8) is 0 Å². The molecular formula is C8H16NO+. The van der Waals surface area contributed by atoms with Crippen molar-refractivity contribution >= 4 is 5.90 Å². The lowest BCUT2D eigenvalue weighted by atomic mass is 10.3. The Kier molecular flexibility index (Phi) is 2.30. The largest absolute Gasteiger partial charge is 0.451 e. The van der Waals surface area contributed by atoms with Crippen LogP contribution in [0.4, 0.5) is 0 Å². The summed E-state index contributed by atoms with van der Waals surface area (Å²) in [6.07, 6.45) is 2.37. The molecule has 0 aromatic rings. The fourth-order valence-electron chi connectivity index (χ4n) is 1.43. The molecule has 1 heterocycles. The van der Waals surface area contributed by atoms with Crippen LogP contribution in [-0.2, 0) is 4.74 Å². The van der Waals surface area contributed by atoms with Crippen LogP contribution >= 0.6 is 0 Å². The van der Waals surface area contributed by atoms with Gasteiger partial charge in [0.25, 0.3) is 0 Å². The van der Waals surface area contributed by atoms with E-state index >= 15 is 0 Å². The number of ether oxygens (including phenoxy) is 1. The molecule has 0 saturated carbocycles. The van der Waals surface area contributed by atoms with E-state index in [4.69, 9.17) is 4.74 Å². The molecule has 0 fully saturated rings. The molecule has 0 aromatic heterocycles. The molecule has 0 saturated heterocycles. The van der Waals surface area contributed by atoms with Gasteiger partial charge in [-0.25, -0.2) is 4.58 Å². The zero-order valence-corrected chi connectivity index (χ0v) is 7.05. The van der Waals surface area contributed by atoms with Crippen LogP contribution in [0, 0.1) is 0 Å². The van der Waals surface area contributed by atoms with Gasteiger partial charge in [0.2, 0.25) is 0 Å². The third-order valence-corrected chi connectivity index (χ3v) is 1.97. The molecule has 0 amide bonds. The molecule has 0 unspecified atom stereocenters. The Morgan fingerprint density at radius 2 is 2.20 bits per heavy atom. The number of nitrogens with zero attached hydrogens (tertiary/aromatic N) is 1. The van der Waals surface area contributed by atoms with Gasteiger partial charge in [0, 0.05) is 6.42 Å². The van der Waals surface area contributed by atoms with Crippen molar-refractivity contribution in [3.8, 4) is 0 Å². The van der Waals surface area contributed by atoms with Crippen LogP contribution in [0.15, 0.2) is 0 Å². The molecule has 0 bridgehead atoms. The quantitative estimate of drug-likeness (QED) is 0.502. The van der Waals surface area contributed by atoms with Gasteiger partial charge in [0.15, 0.2) is 6.04 Å². The molecular weight excluding hydrogens is 126 g/mol. The van der Waals surface area contributed by atoms with E-state index in [0.717, 1.165) is 12.3 Å². The molecule has 0 aliphatic carbocycles. The van der Waals surface area contributed by atoms with E-state index in [0.29, 0.717) is 6.04 Å². The maximum Gasteiger partial charge on any atom is 0.336 e. The first-order chi connectivity index (χ1) is 4.75. The molecule has 1 aliphatic heterocycles. The summed E-state index contributed by atoms with van der Waals surface area (Å²) in [5.74, 6) is 1.16. The Hall–Kier alpha value is -0.530. The van der Waals surface area contributed by atoms with Gasteiger partial charge in [-0.15, -0.1) is 0 Å². The third-order valence-electron chi connectivity index (χ3n) is 1.97. The average molecular weight is 142 g/mol. The predicted molar refractivity (Wildman–Crippen MR) is 41.5 cm³/mol. The maximum atomic E-state index is 5.23. The number of rotatable bonds is 1. The van der Waals surface area contributed by atoms with Crippen LogP contribution in [0.1, 0.15) is 26.7 Å². The zero-order valence-electron chi connectivity index (χ0n) is 7.05. The highest BCUT2D eigenvalue weighted by atomic mass is 16.5. The van der Waals surface area contributed by atoms with Crippen LogP contribution in [0.25, 0.3) is 0 Å². The van der Waals surface area contributed by atoms with E-state index < -0.39 is 0 Å². The summed E-state index contributed by atoms with van der Waals surface area (Å²) in [5, 5.41) is 0. The zero-order chi connectivity index (χ0) is 7.56. The van der Waals surface area contributed by atoms with E-state index in [-0.39, 0.29) is 0 Å². The Morgan fingerprint density at radius 1 is 1.50 bits per heavy atom. The van der Waals surface area contributed by atoms with Crippen molar-refractivity contribution in [2.24, 2.45) is 0 Å². The van der Waals surface area contributed by atoms with Crippen molar-refractivity contribution in [1.29, 1.82) is 0 Å². The normalized spacial score (nSPS) is 18.8. The number of hydrogen-bond donors (Lipinski definition) is 0. The lowest BCUT2D eigenvalue weighted by molar-refractivity contribution is -0.558. The molecule has 0 aromatic carbocycles. The first-order valence-corrected chi connectivity index (χ1v) is 3.92. The first kappa shape index (κ1) is 7.58. The highest BCUT2D eigenvalue weighted by molar-refractivity contribution is 5.71. The summed E-state index contributed by atoms with van der Waals surface area (Å²) in [5.41, 5.74) is 0. The number of hydrogen-bond acceptors (Lipinski definition) is 1. The molecule has 2 heteroatoms. The lowest BCUT2D eigenvalue weighted by Crippen LogP contribution is -2.23. The lowest BCUT2D eigenvalue weighted by Gasteiger charge is -2.03. The van der Waals surface area contributed by atoms with Crippen molar-refractivity contribution in [2.45, 2.75) is 32.7 Å². The summed E-state index contributed by atoms with van der Waals surface area (Å²) in [6, 6.07) is 0.595. The van der Waals surface area contributed by atoms with Gasteiger partial charge in [-0.3, -0.25) is 0 Å². The second kappa shape index (κ2) is 3.04. The smallest absolute Gasteiger partial charge is 0.336 e.